The minimum atomic E-state index is -1.26. The molecular weight excluding hydrogens is 324 g/mol. The van der Waals surface area contributed by atoms with Crippen LogP contribution in [-0.4, -0.2) is 47.7 Å². The largest absolute Gasteiger partial charge is 0.478 e. The Hall–Kier alpha value is -2.67. The van der Waals surface area contributed by atoms with Crippen LogP contribution in [-0.2, 0) is 27.2 Å². The van der Waals surface area contributed by atoms with Crippen LogP contribution in [0.1, 0.15) is 29.7 Å². The van der Waals surface area contributed by atoms with Crippen LogP contribution in [0.2, 0.25) is 0 Å². The van der Waals surface area contributed by atoms with Crippen molar-refractivity contribution in [3.63, 3.8) is 0 Å². The van der Waals surface area contributed by atoms with E-state index in [0.717, 1.165) is 38.4 Å². The van der Waals surface area contributed by atoms with E-state index in [-0.39, 0.29) is 6.10 Å². The molecule has 2 aliphatic heterocycles. The molecule has 25 heavy (non-hydrogen) atoms. The van der Waals surface area contributed by atoms with Gasteiger partial charge in [-0.25, -0.2) is 9.59 Å². The van der Waals surface area contributed by atoms with E-state index in [1.165, 1.54) is 16.7 Å². The van der Waals surface area contributed by atoms with Crippen LogP contribution in [0.15, 0.2) is 35.3 Å². The average molecular weight is 346 g/mol. The van der Waals surface area contributed by atoms with E-state index < -0.39 is 11.9 Å². The monoisotopic (exact) mass is 346 g/mol. The summed E-state index contributed by atoms with van der Waals surface area (Å²) < 4.78 is 5.89. The van der Waals surface area contributed by atoms with Gasteiger partial charge in [-0.05, 0) is 29.5 Å². The normalized spacial score (nSPS) is 18.6. The lowest BCUT2D eigenvalue weighted by molar-refractivity contribution is -0.134. The molecule has 0 spiro atoms. The topological polar surface area (TPSA) is 108 Å². The Morgan fingerprint density at radius 3 is 2.60 bits per heavy atom. The molecule has 0 saturated carbocycles. The fraction of sp³-hybridized carbons (Fsp3) is 0.389. The summed E-state index contributed by atoms with van der Waals surface area (Å²) in [6.45, 7) is 4.83. The molecule has 7 heteroatoms. The predicted octanol–water partition coefficient (Wildman–Crippen LogP) is 1.58. The van der Waals surface area contributed by atoms with Gasteiger partial charge in [0.15, 0.2) is 0 Å². The number of rotatable bonds is 4. The molecule has 1 aromatic rings. The highest BCUT2D eigenvalue weighted by molar-refractivity contribution is 5.90. The summed E-state index contributed by atoms with van der Waals surface area (Å²) >= 11 is 0. The van der Waals surface area contributed by atoms with Crippen molar-refractivity contribution >= 4 is 17.8 Å². The molecule has 0 fully saturated rings. The first-order valence-electron chi connectivity index (χ1n) is 8.17. The lowest BCUT2D eigenvalue weighted by Crippen LogP contribution is -2.31. The predicted molar refractivity (Wildman–Crippen MR) is 92.9 cm³/mol. The van der Waals surface area contributed by atoms with Gasteiger partial charge in [-0.15, -0.1) is 0 Å². The maximum absolute atomic E-state index is 9.55. The third kappa shape index (κ3) is 5.15. The molecule has 0 aliphatic carbocycles. The molecule has 1 unspecified atom stereocenters. The number of fused-ring (bicyclic) bond motifs is 1. The van der Waals surface area contributed by atoms with E-state index in [1.807, 2.05) is 0 Å². The molecule has 2 heterocycles. The van der Waals surface area contributed by atoms with Crippen molar-refractivity contribution in [2.75, 3.05) is 19.7 Å². The summed E-state index contributed by atoms with van der Waals surface area (Å²) in [6.07, 6.45) is 3.27. The maximum Gasteiger partial charge on any atom is 0.328 e. The Balaban J connectivity index is 0.000000242. The summed E-state index contributed by atoms with van der Waals surface area (Å²) in [6, 6.07) is 6.54. The summed E-state index contributed by atoms with van der Waals surface area (Å²) in [5.74, 6) is -1.50. The van der Waals surface area contributed by atoms with Crippen LogP contribution in [0.3, 0.4) is 0 Å². The van der Waals surface area contributed by atoms with Gasteiger partial charge in [0.25, 0.3) is 0 Å². The Labute approximate surface area is 146 Å². The number of carboxylic acids is 2. The molecule has 3 rings (SSSR count). The number of nitrogens with one attached hydrogen (secondary N) is 1. The highest BCUT2D eigenvalue weighted by Crippen LogP contribution is 2.30. The number of hydrogen-bond donors (Lipinski definition) is 3. The number of carbonyl (C=O) groups is 2. The molecule has 134 valence electrons. The quantitative estimate of drug-likeness (QED) is 0.714. The highest BCUT2D eigenvalue weighted by Gasteiger charge is 2.27. The van der Waals surface area contributed by atoms with E-state index in [9.17, 15) is 9.59 Å². The van der Waals surface area contributed by atoms with Crippen LogP contribution in [0.25, 0.3) is 0 Å². The molecular formula is C18H22N2O5. The van der Waals surface area contributed by atoms with Gasteiger partial charge < -0.3 is 20.3 Å². The van der Waals surface area contributed by atoms with Crippen molar-refractivity contribution in [1.29, 1.82) is 0 Å². The van der Waals surface area contributed by atoms with E-state index in [2.05, 4.69) is 35.4 Å². The van der Waals surface area contributed by atoms with Crippen LogP contribution in [0.4, 0.5) is 0 Å². The Morgan fingerprint density at radius 2 is 2.04 bits per heavy atom. The second-order valence-corrected chi connectivity index (χ2v) is 5.54. The number of carboxylic acid groups (broad SMARTS) is 2. The first-order chi connectivity index (χ1) is 12.0. The number of aliphatic carboxylic acids is 2. The average Bonchev–Trinajstić information content (AvgIpc) is 3.14. The first-order valence-corrected chi connectivity index (χ1v) is 8.17. The highest BCUT2D eigenvalue weighted by atomic mass is 16.5. The lowest BCUT2D eigenvalue weighted by atomic mass is 9.91. The molecule has 0 saturated heterocycles. The number of benzene rings is 1. The zero-order valence-corrected chi connectivity index (χ0v) is 14.1. The fourth-order valence-electron chi connectivity index (χ4n) is 2.87. The van der Waals surface area contributed by atoms with Gasteiger partial charge in [0, 0.05) is 18.7 Å². The van der Waals surface area contributed by atoms with Gasteiger partial charge in [0.05, 0.1) is 13.2 Å². The SMILES string of the molecule is CCc1cccc2c1CCOC2C1=NCCN1.O=C(O)C=CC(=O)O. The van der Waals surface area contributed by atoms with Crippen LogP contribution in [0.5, 0.6) is 0 Å². The molecule has 7 nitrogen and oxygen atoms in total. The van der Waals surface area contributed by atoms with Gasteiger partial charge in [0.2, 0.25) is 0 Å². The number of aryl methyl sites for hydroxylation is 1. The van der Waals surface area contributed by atoms with Crippen molar-refractivity contribution in [2.45, 2.75) is 25.9 Å². The molecule has 1 atom stereocenters. The number of nitrogens with zero attached hydrogens (tertiary/aromatic N) is 1. The number of amidine groups is 1. The van der Waals surface area contributed by atoms with Crippen molar-refractivity contribution in [3.05, 3.63) is 47.0 Å². The molecule has 0 radical (unpaired) electrons. The van der Waals surface area contributed by atoms with Crippen LogP contribution >= 0.6 is 0 Å². The van der Waals surface area contributed by atoms with E-state index in [4.69, 9.17) is 14.9 Å². The van der Waals surface area contributed by atoms with Crippen molar-refractivity contribution < 1.29 is 24.5 Å². The Kier molecular flexibility index (Phi) is 6.71. The van der Waals surface area contributed by atoms with E-state index >= 15 is 0 Å². The second kappa shape index (κ2) is 8.98. The minimum Gasteiger partial charge on any atom is -0.478 e. The van der Waals surface area contributed by atoms with Crippen molar-refractivity contribution in [2.24, 2.45) is 4.99 Å². The molecule has 1 aromatic carbocycles. The van der Waals surface area contributed by atoms with Gasteiger partial charge in [-0.1, -0.05) is 25.1 Å². The summed E-state index contributed by atoms with van der Waals surface area (Å²) in [7, 11) is 0. The standard InChI is InChI=1S/C14H18N2O.C4H4O4/c1-2-10-4-3-5-12-11(10)6-9-17-13(12)14-15-7-8-16-14;5-3(6)1-2-4(7)8/h3-5,13H,2,6-9H2,1H3,(H,15,16);1-2H,(H,5,6)(H,7,8). The molecule has 0 bridgehead atoms. The third-order valence-electron chi connectivity index (χ3n) is 3.93. The van der Waals surface area contributed by atoms with Crippen LogP contribution in [0, 0.1) is 0 Å². The molecule has 3 N–H and O–H groups in total. The van der Waals surface area contributed by atoms with Crippen molar-refractivity contribution in [1.82, 2.24) is 5.32 Å². The molecule has 2 aliphatic rings. The van der Waals surface area contributed by atoms with Gasteiger partial charge in [-0.2, -0.15) is 0 Å². The van der Waals surface area contributed by atoms with Gasteiger partial charge >= 0.3 is 11.9 Å². The number of hydrogen-bond acceptors (Lipinski definition) is 5. The molecule has 0 aromatic heterocycles. The zero-order chi connectivity index (χ0) is 18.2. The third-order valence-corrected chi connectivity index (χ3v) is 3.93. The van der Waals surface area contributed by atoms with Gasteiger partial charge in [0.1, 0.15) is 11.9 Å². The smallest absolute Gasteiger partial charge is 0.328 e. The fourth-order valence-corrected chi connectivity index (χ4v) is 2.87. The summed E-state index contributed by atoms with van der Waals surface area (Å²) in [5, 5.41) is 19.0. The number of aliphatic imine (C=N–C) groups is 1. The molecule has 0 amide bonds. The Bertz CT molecular complexity index is 681. The van der Waals surface area contributed by atoms with Gasteiger partial charge in [-0.3, -0.25) is 4.99 Å². The minimum absolute atomic E-state index is 0.0350. The first kappa shape index (κ1) is 18.7. The van der Waals surface area contributed by atoms with E-state index in [1.54, 1.807) is 0 Å². The van der Waals surface area contributed by atoms with Crippen molar-refractivity contribution in [3.8, 4) is 0 Å². The Morgan fingerprint density at radius 1 is 1.32 bits per heavy atom. The maximum atomic E-state index is 9.55. The summed E-state index contributed by atoms with van der Waals surface area (Å²) in [4.78, 5) is 23.6. The second-order valence-electron chi connectivity index (χ2n) is 5.54. The number of ether oxygens (including phenoxy) is 1. The van der Waals surface area contributed by atoms with Crippen LogP contribution < -0.4 is 5.32 Å². The van der Waals surface area contributed by atoms with E-state index in [0.29, 0.717) is 12.2 Å². The zero-order valence-electron chi connectivity index (χ0n) is 14.1. The summed E-state index contributed by atoms with van der Waals surface area (Å²) in [5.41, 5.74) is 4.24. The lowest BCUT2D eigenvalue weighted by Gasteiger charge is -2.27.